The van der Waals surface area contributed by atoms with Crippen LogP contribution >= 0.6 is 0 Å². The molecule has 8 nitrogen and oxygen atoms in total. The van der Waals surface area contributed by atoms with Gasteiger partial charge in [-0.15, -0.1) is 0 Å². The number of nitriles is 1. The number of carbonyl (C=O) groups excluding carboxylic acids is 1. The van der Waals surface area contributed by atoms with Crippen molar-refractivity contribution >= 4 is 11.9 Å². The Hall–Kier alpha value is -3.86. The summed E-state index contributed by atoms with van der Waals surface area (Å²) in [5, 5.41) is 16.1. The molecule has 1 N–H and O–H groups in total. The van der Waals surface area contributed by atoms with Crippen LogP contribution in [0.1, 0.15) is 29.2 Å². The van der Waals surface area contributed by atoms with Gasteiger partial charge in [0, 0.05) is 5.56 Å². The quantitative estimate of drug-likeness (QED) is 0.736. The van der Waals surface area contributed by atoms with Crippen LogP contribution in [0, 0.1) is 11.3 Å². The van der Waals surface area contributed by atoms with Crippen LogP contribution in [0.5, 0.6) is 11.5 Å². The van der Waals surface area contributed by atoms with E-state index in [2.05, 4.69) is 21.5 Å². The van der Waals surface area contributed by atoms with E-state index in [4.69, 9.17) is 9.47 Å². The van der Waals surface area contributed by atoms with Crippen LogP contribution in [0.4, 0.5) is 5.95 Å². The van der Waals surface area contributed by atoms with Crippen molar-refractivity contribution in [2.45, 2.75) is 19.1 Å². The number of nitrogens with one attached hydrogen (secondary N) is 1. The van der Waals surface area contributed by atoms with Crippen molar-refractivity contribution in [3.05, 3.63) is 65.5 Å². The minimum Gasteiger partial charge on any atom is -0.493 e. The first-order valence-electron chi connectivity index (χ1n) is 8.67. The van der Waals surface area contributed by atoms with E-state index in [0.29, 0.717) is 23.0 Å². The van der Waals surface area contributed by atoms with Gasteiger partial charge in [0.2, 0.25) is 11.9 Å². The van der Waals surface area contributed by atoms with Crippen molar-refractivity contribution in [1.29, 1.82) is 5.26 Å². The first-order chi connectivity index (χ1) is 13.7. The molecule has 1 amide bonds. The fraction of sp³-hybridized carbons (Fsp3) is 0.200. The van der Waals surface area contributed by atoms with Gasteiger partial charge in [-0.1, -0.05) is 24.3 Å². The predicted molar refractivity (Wildman–Crippen MR) is 99.9 cm³/mol. The van der Waals surface area contributed by atoms with E-state index in [9.17, 15) is 10.1 Å². The van der Waals surface area contributed by atoms with Crippen LogP contribution in [-0.4, -0.2) is 27.8 Å². The van der Waals surface area contributed by atoms with Gasteiger partial charge in [-0.25, -0.2) is 4.68 Å². The number of amides is 1. The molecular weight excluding hydrogens is 358 g/mol. The van der Waals surface area contributed by atoms with Crippen LogP contribution in [-0.2, 0) is 11.4 Å². The molecule has 28 heavy (non-hydrogen) atoms. The summed E-state index contributed by atoms with van der Waals surface area (Å²) in [5.74, 6) is 1.41. The molecule has 0 saturated carbocycles. The van der Waals surface area contributed by atoms with Crippen molar-refractivity contribution in [2.24, 2.45) is 0 Å². The first-order valence-corrected chi connectivity index (χ1v) is 8.67. The highest BCUT2D eigenvalue weighted by Crippen LogP contribution is 2.35. The van der Waals surface area contributed by atoms with Gasteiger partial charge in [0.25, 0.3) is 0 Å². The van der Waals surface area contributed by atoms with E-state index in [1.165, 1.54) is 6.33 Å². The second-order valence-corrected chi connectivity index (χ2v) is 6.26. The number of hydrogen-bond acceptors (Lipinski definition) is 6. The lowest BCUT2D eigenvalue weighted by molar-refractivity contribution is -0.117. The summed E-state index contributed by atoms with van der Waals surface area (Å²) in [6, 6.07) is 14.7. The zero-order valence-corrected chi connectivity index (χ0v) is 15.1. The maximum Gasteiger partial charge on any atom is 0.229 e. The van der Waals surface area contributed by atoms with Crippen molar-refractivity contribution in [3.63, 3.8) is 0 Å². The van der Waals surface area contributed by atoms with Gasteiger partial charge in [0.1, 0.15) is 12.9 Å². The number of nitrogens with zero attached hydrogens (tertiary/aromatic N) is 4. The summed E-state index contributed by atoms with van der Waals surface area (Å²) in [7, 11) is 1.56. The van der Waals surface area contributed by atoms with Crippen LogP contribution in [0.2, 0.25) is 0 Å². The van der Waals surface area contributed by atoms with Crippen LogP contribution < -0.4 is 14.8 Å². The number of carbonyl (C=O) groups is 1. The van der Waals surface area contributed by atoms with E-state index in [1.807, 2.05) is 30.3 Å². The Labute approximate surface area is 161 Å². The van der Waals surface area contributed by atoms with Gasteiger partial charge in [-0.2, -0.15) is 15.3 Å². The summed E-state index contributed by atoms with van der Waals surface area (Å²) in [5.41, 5.74) is 2.24. The van der Waals surface area contributed by atoms with Crippen molar-refractivity contribution in [3.8, 4) is 17.6 Å². The van der Waals surface area contributed by atoms with Crippen molar-refractivity contribution in [2.75, 3.05) is 12.4 Å². The maximum absolute atomic E-state index is 12.0. The molecule has 0 fully saturated rings. The monoisotopic (exact) mass is 375 g/mol. The van der Waals surface area contributed by atoms with Gasteiger partial charge < -0.3 is 9.47 Å². The number of aromatic nitrogens is 3. The molecule has 1 aromatic heterocycles. The molecule has 2 aromatic carbocycles. The summed E-state index contributed by atoms with van der Waals surface area (Å²) in [6.07, 6.45) is 1.67. The van der Waals surface area contributed by atoms with E-state index in [-0.39, 0.29) is 25.0 Å². The molecule has 0 aliphatic carbocycles. The largest absolute Gasteiger partial charge is 0.493 e. The molecule has 0 bridgehead atoms. The lowest BCUT2D eigenvalue weighted by Crippen LogP contribution is -2.29. The molecule has 4 rings (SSSR count). The van der Waals surface area contributed by atoms with Crippen molar-refractivity contribution in [1.82, 2.24) is 14.8 Å². The average Bonchev–Trinajstić information content (AvgIpc) is 3.20. The number of hydrogen-bond donors (Lipinski definition) is 1. The number of ether oxygens (including phenoxy) is 2. The predicted octanol–water partition coefficient (Wildman–Crippen LogP) is 2.67. The topological polar surface area (TPSA) is 102 Å². The number of methoxy groups -OCH3 is 1. The SMILES string of the molecule is COc1cc(C2CC(=O)Nc3ncnn32)ccc1OCc1ccccc1C#N. The Morgan fingerprint density at radius 3 is 2.96 bits per heavy atom. The smallest absolute Gasteiger partial charge is 0.229 e. The number of fused-ring (bicyclic) bond motifs is 1. The average molecular weight is 375 g/mol. The second kappa shape index (κ2) is 7.40. The summed E-state index contributed by atoms with van der Waals surface area (Å²) < 4.78 is 13.0. The van der Waals surface area contributed by atoms with Gasteiger partial charge in [-0.3, -0.25) is 10.1 Å². The van der Waals surface area contributed by atoms with Gasteiger partial charge >= 0.3 is 0 Å². The standard InChI is InChI=1S/C20H17N5O3/c1-27-18-8-13(16-9-19(26)24-20-22-12-23-25(16)20)6-7-17(18)28-11-15-5-3-2-4-14(15)10-21/h2-8,12,16H,9,11H2,1H3,(H,22,23,24,26). The summed E-state index contributed by atoms with van der Waals surface area (Å²) in [4.78, 5) is 16.0. The molecule has 0 saturated heterocycles. The Balaban J connectivity index is 1.59. The number of benzene rings is 2. The van der Waals surface area contributed by atoms with E-state index in [1.54, 1.807) is 23.9 Å². The molecule has 1 aliphatic heterocycles. The molecule has 8 heteroatoms. The van der Waals surface area contributed by atoms with Gasteiger partial charge in [0.15, 0.2) is 11.5 Å². The van der Waals surface area contributed by atoms with E-state index in [0.717, 1.165) is 11.1 Å². The zero-order chi connectivity index (χ0) is 19.5. The first kappa shape index (κ1) is 17.5. The third kappa shape index (κ3) is 3.25. The zero-order valence-electron chi connectivity index (χ0n) is 15.1. The van der Waals surface area contributed by atoms with Crippen LogP contribution in [0.25, 0.3) is 0 Å². The highest BCUT2D eigenvalue weighted by atomic mass is 16.5. The molecule has 140 valence electrons. The highest BCUT2D eigenvalue weighted by molar-refractivity contribution is 5.91. The Kier molecular flexibility index (Phi) is 4.64. The Morgan fingerprint density at radius 1 is 1.29 bits per heavy atom. The number of rotatable bonds is 5. The minimum atomic E-state index is -0.270. The van der Waals surface area contributed by atoms with Gasteiger partial charge in [-0.05, 0) is 23.8 Å². The van der Waals surface area contributed by atoms with E-state index >= 15 is 0 Å². The molecule has 0 spiro atoms. The fourth-order valence-corrected chi connectivity index (χ4v) is 3.19. The van der Waals surface area contributed by atoms with Gasteiger partial charge in [0.05, 0.1) is 31.2 Å². The molecule has 0 radical (unpaired) electrons. The van der Waals surface area contributed by atoms with E-state index < -0.39 is 0 Å². The minimum absolute atomic E-state index is 0.113. The third-order valence-corrected chi connectivity index (χ3v) is 4.59. The maximum atomic E-state index is 12.0. The summed E-state index contributed by atoms with van der Waals surface area (Å²) in [6.45, 7) is 0.249. The summed E-state index contributed by atoms with van der Waals surface area (Å²) >= 11 is 0. The lowest BCUT2D eigenvalue weighted by Gasteiger charge is -2.24. The van der Waals surface area contributed by atoms with Crippen LogP contribution in [0.15, 0.2) is 48.8 Å². The molecule has 2 heterocycles. The number of anilines is 1. The second-order valence-electron chi connectivity index (χ2n) is 6.26. The van der Waals surface area contributed by atoms with Crippen LogP contribution in [0.3, 0.4) is 0 Å². The normalized spacial score (nSPS) is 15.3. The van der Waals surface area contributed by atoms with Crippen molar-refractivity contribution < 1.29 is 14.3 Å². The molecule has 1 aliphatic rings. The molecular formula is C20H17N5O3. The Morgan fingerprint density at radius 2 is 2.14 bits per heavy atom. The third-order valence-electron chi connectivity index (χ3n) is 4.59. The molecule has 3 aromatic rings. The molecule has 1 unspecified atom stereocenters. The highest BCUT2D eigenvalue weighted by Gasteiger charge is 2.28. The molecule has 1 atom stereocenters. The fourth-order valence-electron chi connectivity index (χ4n) is 3.19. The lowest BCUT2D eigenvalue weighted by atomic mass is 10.0. The Bertz CT molecular complexity index is 1070.